The zero-order chi connectivity index (χ0) is 20.4. The van der Waals surface area contributed by atoms with Crippen molar-refractivity contribution in [2.45, 2.75) is 38.0 Å². The molecular formula is C22H25F4N3. The molecule has 0 spiro atoms. The number of nitrogens with zero attached hydrogens (tertiary/aromatic N) is 2. The van der Waals surface area contributed by atoms with Crippen LogP contribution in [0, 0.1) is 23.3 Å². The molecule has 0 aliphatic carbocycles. The Bertz CT molecular complexity index is 790. The van der Waals surface area contributed by atoms with Crippen molar-refractivity contribution < 1.29 is 17.6 Å². The largest absolute Gasteiger partial charge is 0.309 e. The van der Waals surface area contributed by atoms with Crippen LogP contribution in [0.15, 0.2) is 36.4 Å². The molecule has 2 atom stereocenters. The molecule has 2 aliphatic heterocycles. The Hall–Kier alpha value is -1.96. The molecule has 2 saturated heterocycles. The average Bonchev–Trinajstić information content (AvgIpc) is 3.31. The summed E-state index contributed by atoms with van der Waals surface area (Å²) in [6, 6.07) is 8.89. The van der Waals surface area contributed by atoms with Crippen molar-refractivity contribution in [3.8, 4) is 0 Å². The number of hydrogen-bond donors (Lipinski definition) is 1. The fourth-order valence-electron chi connectivity index (χ4n) is 4.35. The minimum atomic E-state index is -0.816. The predicted molar refractivity (Wildman–Crippen MR) is 103 cm³/mol. The van der Waals surface area contributed by atoms with Crippen molar-refractivity contribution in [1.29, 1.82) is 0 Å². The van der Waals surface area contributed by atoms with Crippen molar-refractivity contribution >= 4 is 0 Å². The van der Waals surface area contributed by atoms with Gasteiger partial charge in [-0.1, -0.05) is 12.1 Å². The number of nitrogens with one attached hydrogen (secondary N) is 1. The van der Waals surface area contributed by atoms with Crippen LogP contribution in [-0.2, 0) is 13.1 Å². The van der Waals surface area contributed by atoms with Gasteiger partial charge in [-0.25, -0.2) is 17.6 Å². The summed E-state index contributed by atoms with van der Waals surface area (Å²) < 4.78 is 52.9. The summed E-state index contributed by atoms with van der Waals surface area (Å²) in [4.78, 5) is 4.50. The molecule has 7 heteroatoms. The monoisotopic (exact) mass is 407 g/mol. The van der Waals surface area contributed by atoms with Crippen molar-refractivity contribution in [3.63, 3.8) is 0 Å². The number of likely N-dealkylation sites (tertiary alicyclic amines) is 2. The van der Waals surface area contributed by atoms with Crippen LogP contribution >= 0.6 is 0 Å². The highest BCUT2D eigenvalue weighted by molar-refractivity contribution is 5.19. The highest BCUT2D eigenvalue weighted by atomic mass is 19.2. The second-order valence-corrected chi connectivity index (χ2v) is 8.11. The lowest BCUT2D eigenvalue weighted by Gasteiger charge is -2.21. The van der Waals surface area contributed by atoms with E-state index < -0.39 is 23.3 Å². The van der Waals surface area contributed by atoms with Crippen LogP contribution < -0.4 is 5.32 Å². The van der Waals surface area contributed by atoms with Gasteiger partial charge in [-0.05, 0) is 48.2 Å². The van der Waals surface area contributed by atoms with E-state index in [1.807, 2.05) is 0 Å². The van der Waals surface area contributed by atoms with Gasteiger partial charge in [0.05, 0.1) is 0 Å². The van der Waals surface area contributed by atoms with E-state index in [-0.39, 0.29) is 0 Å². The number of halogens is 4. The average molecular weight is 407 g/mol. The van der Waals surface area contributed by atoms with E-state index in [0.29, 0.717) is 25.2 Å². The fourth-order valence-corrected chi connectivity index (χ4v) is 4.35. The molecule has 0 bridgehead atoms. The highest BCUT2D eigenvalue weighted by Crippen LogP contribution is 2.19. The van der Waals surface area contributed by atoms with Crippen molar-refractivity contribution in [2.24, 2.45) is 0 Å². The first-order valence-electron chi connectivity index (χ1n) is 10.0. The zero-order valence-corrected chi connectivity index (χ0v) is 16.2. The van der Waals surface area contributed by atoms with Crippen LogP contribution in [0.25, 0.3) is 0 Å². The molecule has 2 aromatic rings. The molecular weight excluding hydrogens is 382 g/mol. The van der Waals surface area contributed by atoms with Crippen LogP contribution in [0.3, 0.4) is 0 Å². The third kappa shape index (κ3) is 5.15. The van der Waals surface area contributed by atoms with Gasteiger partial charge < -0.3 is 5.32 Å². The molecule has 1 N–H and O–H groups in total. The molecule has 0 amide bonds. The quantitative estimate of drug-likeness (QED) is 0.737. The summed E-state index contributed by atoms with van der Waals surface area (Å²) in [5.41, 5.74) is 1.56. The van der Waals surface area contributed by atoms with Crippen LogP contribution in [-0.4, -0.2) is 48.1 Å². The lowest BCUT2D eigenvalue weighted by Crippen LogP contribution is -2.41. The normalized spacial score (nSPS) is 23.2. The first-order chi connectivity index (χ1) is 14.0. The summed E-state index contributed by atoms with van der Waals surface area (Å²) >= 11 is 0. The van der Waals surface area contributed by atoms with Crippen LogP contribution in [0.2, 0.25) is 0 Å². The minimum Gasteiger partial charge on any atom is -0.309 e. The second-order valence-electron chi connectivity index (χ2n) is 8.11. The van der Waals surface area contributed by atoms with E-state index in [4.69, 9.17) is 0 Å². The maximum absolute atomic E-state index is 13.4. The van der Waals surface area contributed by atoms with Crippen molar-refractivity contribution in [2.75, 3.05) is 26.2 Å². The van der Waals surface area contributed by atoms with Gasteiger partial charge in [0, 0.05) is 51.4 Å². The van der Waals surface area contributed by atoms with E-state index in [1.165, 1.54) is 24.3 Å². The molecule has 4 rings (SSSR count). The zero-order valence-electron chi connectivity index (χ0n) is 16.2. The molecule has 0 saturated carbocycles. The van der Waals surface area contributed by atoms with Gasteiger partial charge in [0.2, 0.25) is 0 Å². The molecule has 0 aromatic heterocycles. The Morgan fingerprint density at radius 3 is 1.55 bits per heavy atom. The maximum Gasteiger partial charge on any atom is 0.159 e. The molecule has 3 nitrogen and oxygen atoms in total. The molecule has 0 radical (unpaired) electrons. The Kier molecular flexibility index (Phi) is 6.18. The lowest BCUT2D eigenvalue weighted by atomic mass is 10.2. The number of hydrogen-bond acceptors (Lipinski definition) is 3. The van der Waals surface area contributed by atoms with Crippen LogP contribution in [0.5, 0.6) is 0 Å². The standard InChI is InChI=1S/C22H25F4N3/c23-19-3-1-15(9-21(19)25)11-28-7-5-17(13-28)27-18-6-8-29(14-18)12-16-2-4-20(24)22(26)10-16/h1-4,9-10,17-18,27H,5-8,11-14H2/t17-,18-/m0/s1. The Labute approximate surface area is 168 Å². The molecule has 2 fully saturated rings. The SMILES string of the molecule is Fc1ccc(CN2CC[C@H](N[C@H]3CCN(Cc4ccc(F)c(F)c4)C3)C2)cc1F. The van der Waals surface area contributed by atoms with Gasteiger partial charge in [-0.2, -0.15) is 0 Å². The van der Waals surface area contributed by atoms with E-state index >= 15 is 0 Å². The first-order valence-corrected chi connectivity index (χ1v) is 10.0. The van der Waals surface area contributed by atoms with Gasteiger partial charge in [-0.15, -0.1) is 0 Å². The second kappa shape index (κ2) is 8.81. The van der Waals surface area contributed by atoms with Gasteiger partial charge >= 0.3 is 0 Å². The van der Waals surface area contributed by atoms with Gasteiger partial charge in [-0.3, -0.25) is 9.80 Å². The Balaban J connectivity index is 1.23. The van der Waals surface area contributed by atoms with Crippen molar-refractivity contribution in [3.05, 3.63) is 70.8 Å². The summed E-state index contributed by atoms with van der Waals surface area (Å²) in [6.45, 7) is 4.81. The minimum absolute atomic E-state index is 0.369. The molecule has 156 valence electrons. The summed E-state index contributed by atoms with van der Waals surface area (Å²) in [6.07, 6.45) is 2.03. The molecule has 29 heavy (non-hydrogen) atoms. The van der Waals surface area contributed by atoms with Crippen LogP contribution in [0.4, 0.5) is 17.6 Å². The topological polar surface area (TPSA) is 18.5 Å². The van der Waals surface area contributed by atoms with E-state index in [0.717, 1.165) is 50.1 Å². The van der Waals surface area contributed by atoms with Gasteiger partial charge in [0.25, 0.3) is 0 Å². The Morgan fingerprint density at radius 2 is 1.14 bits per heavy atom. The van der Waals surface area contributed by atoms with E-state index in [2.05, 4.69) is 15.1 Å². The van der Waals surface area contributed by atoms with Gasteiger partial charge in [0.15, 0.2) is 23.3 Å². The highest BCUT2D eigenvalue weighted by Gasteiger charge is 2.28. The number of benzene rings is 2. The Morgan fingerprint density at radius 1 is 0.690 bits per heavy atom. The van der Waals surface area contributed by atoms with Crippen LogP contribution in [0.1, 0.15) is 24.0 Å². The molecule has 2 aromatic carbocycles. The predicted octanol–water partition coefficient (Wildman–Crippen LogP) is 3.68. The molecule has 2 aliphatic rings. The fraction of sp³-hybridized carbons (Fsp3) is 0.455. The third-order valence-electron chi connectivity index (χ3n) is 5.80. The summed E-state index contributed by atoms with van der Waals surface area (Å²) in [5, 5.41) is 3.70. The summed E-state index contributed by atoms with van der Waals surface area (Å²) in [5.74, 6) is -3.24. The van der Waals surface area contributed by atoms with E-state index in [1.54, 1.807) is 12.1 Å². The number of rotatable bonds is 6. The smallest absolute Gasteiger partial charge is 0.159 e. The van der Waals surface area contributed by atoms with Gasteiger partial charge in [0.1, 0.15) is 0 Å². The first kappa shape index (κ1) is 20.3. The molecule has 0 unspecified atom stereocenters. The third-order valence-corrected chi connectivity index (χ3v) is 5.80. The lowest BCUT2D eigenvalue weighted by molar-refractivity contribution is 0.300. The van der Waals surface area contributed by atoms with Crippen molar-refractivity contribution in [1.82, 2.24) is 15.1 Å². The summed E-state index contributed by atoms with van der Waals surface area (Å²) in [7, 11) is 0. The molecule has 2 heterocycles. The van der Waals surface area contributed by atoms with E-state index in [9.17, 15) is 17.6 Å². The maximum atomic E-state index is 13.4.